The van der Waals surface area contributed by atoms with Gasteiger partial charge >= 0.3 is 0 Å². The number of thiazole rings is 1. The van der Waals surface area contributed by atoms with Crippen LogP contribution in [0, 0.1) is 0 Å². The van der Waals surface area contributed by atoms with E-state index in [9.17, 15) is 0 Å². The van der Waals surface area contributed by atoms with Gasteiger partial charge in [-0.15, -0.1) is 11.3 Å². The van der Waals surface area contributed by atoms with Gasteiger partial charge in [-0.05, 0) is 6.92 Å². The van der Waals surface area contributed by atoms with Crippen molar-refractivity contribution in [1.82, 2.24) is 4.98 Å². The molecule has 0 bridgehead atoms. The largest absolute Gasteiger partial charge is 0.375 e. The van der Waals surface area contributed by atoms with Crippen LogP contribution >= 0.6 is 11.3 Å². The molecule has 2 unspecified atom stereocenters. The Bertz CT molecular complexity index is 275. The Kier molecular flexibility index (Phi) is 2.36. The zero-order chi connectivity index (χ0) is 9.31. The van der Waals surface area contributed by atoms with Gasteiger partial charge in [0.1, 0.15) is 10.6 Å². The van der Waals surface area contributed by atoms with Gasteiger partial charge in [-0.25, -0.2) is 4.98 Å². The molecule has 1 aliphatic heterocycles. The average molecular weight is 199 g/mol. The first-order valence-electron chi connectivity index (χ1n) is 4.36. The van der Waals surface area contributed by atoms with Crippen molar-refractivity contribution in [2.24, 2.45) is 0 Å². The summed E-state index contributed by atoms with van der Waals surface area (Å²) < 4.78 is 11.1. The van der Waals surface area contributed by atoms with E-state index in [1.54, 1.807) is 18.4 Å². The highest BCUT2D eigenvalue weighted by molar-refractivity contribution is 7.09. The second-order valence-corrected chi connectivity index (χ2v) is 4.09. The molecule has 2 rings (SSSR count). The lowest BCUT2D eigenvalue weighted by molar-refractivity contribution is -0.0647. The minimum Gasteiger partial charge on any atom is -0.375 e. The maximum atomic E-state index is 5.58. The smallest absolute Gasteiger partial charge is 0.147 e. The van der Waals surface area contributed by atoms with Gasteiger partial charge in [-0.3, -0.25) is 0 Å². The van der Waals surface area contributed by atoms with Crippen LogP contribution in [0.15, 0.2) is 11.6 Å². The third-order valence-electron chi connectivity index (χ3n) is 2.66. The molecule has 13 heavy (non-hydrogen) atoms. The van der Waals surface area contributed by atoms with Gasteiger partial charge in [0.2, 0.25) is 0 Å². The van der Waals surface area contributed by atoms with E-state index in [1.165, 1.54) is 0 Å². The van der Waals surface area contributed by atoms with E-state index in [0.717, 1.165) is 18.0 Å². The van der Waals surface area contributed by atoms with E-state index in [0.29, 0.717) is 0 Å². The van der Waals surface area contributed by atoms with Gasteiger partial charge in [0.15, 0.2) is 0 Å². The van der Waals surface area contributed by atoms with Crippen molar-refractivity contribution in [2.45, 2.75) is 25.0 Å². The summed E-state index contributed by atoms with van der Waals surface area (Å²) in [6.45, 7) is 2.80. The molecule has 0 saturated carbocycles. The van der Waals surface area contributed by atoms with Gasteiger partial charge in [-0.1, -0.05) is 0 Å². The van der Waals surface area contributed by atoms with Crippen LogP contribution in [0.5, 0.6) is 0 Å². The van der Waals surface area contributed by atoms with Gasteiger partial charge in [0.05, 0.1) is 12.7 Å². The van der Waals surface area contributed by atoms with Crippen molar-refractivity contribution < 1.29 is 9.47 Å². The number of nitrogens with zero attached hydrogens (tertiary/aromatic N) is 1. The molecule has 1 aromatic rings. The molecule has 0 amide bonds. The summed E-state index contributed by atoms with van der Waals surface area (Å²) >= 11 is 1.63. The highest BCUT2D eigenvalue weighted by Crippen LogP contribution is 2.39. The number of hydrogen-bond acceptors (Lipinski definition) is 4. The molecule has 1 aromatic heterocycles. The Hall–Kier alpha value is -0.450. The summed E-state index contributed by atoms with van der Waals surface area (Å²) in [6, 6.07) is 0. The SMILES string of the molecule is COC1(c2nccs2)CCOC1C. The molecular formula is C9H13NO2S. The normalized spacial score (nSPS) is 33.8. The molecule has 1 saturated heterocycles. The Balaban J connectivity index is 2.35. The molecule has 1 aliphatic rings. The maximum absolute atomic E-state index is 5.58. The molecular weight excluding hydrogens is 186 g/mol. The highest BCUT2D eigenvalue weighted by Gasteiger charge is 2.45. The Morgan fingerprint density at radius 2 is 2.62 bits per heavy atom. The van der Waals surface area contributed by atoms with Gasteiger partial charge in [0.25, 0.3) is 0 Å². The van der Waals surface area contributed by atoms with E-state index in [2.05, 4.69) is 4.98 Å². The van der Waals surface area contributed by atoms with E-state index in [-0.39, 0.29) is 11.7 Å². The topological polar surface area (TPSA) is 31.4 Å². The van der Waals surface area contributed by atoms with Gasteiger partial charge in [0, 0.05) is 25.1 Å². The number of ether oxygens (including phenoxy) is 2. The summed E-state index contributed by atoms with van der Waals surface area (Å²) in [5, 5.41) is 3.00. The van der Waals surface area contributed by atoms with Crippen molar-refractivity contribution in [2.75, 3.05) is 13.7 Å². The first-order valence-corrected chi connectivity index (χ1v) is 5.24. The molecule has 4 heteroatoms. The fourth-order valence-corrected chi connectivity index (χ4v) is 2.72. The van der Waals surface area contributed by atoms with Crippen LogP contribution in [0.25, 0.3) is 0 Å². The van der Waals surface area contributed by atoms with Crippen LogP contribution in [0.1, 0.15) is 18.4 Å². The average Bonchev–Trinajstić information content (AvgIpc) is 2.73. The lowest BCUT2D eigenvalue weighted by atomic mass is 9.97. The van der Waals surface area contributed by atoms with Gasteiger partial charge in [-0.2, -0.15) is 0 Å². The quantitative estimate of drug-likeness (QED) is 0.727. The van der Waals surface area contributed by atoms with Crippen molar-refractivity contribution in [1.29, 1.82) is 0 Å². The molecule has 0 aromatic carbocycles. The monoisotopic (exact) mass is 199 g/mol. The second kappa shape index (κ2) is 3.36. The summed E-state index contributed by atoms with van der Waals surface area (Å²) in [5.41, 5.74) is -0.297. The van der Waals surface area contributed by atoms with Crippen LogP contribution in [0.2, 0.25) is 0 Å². The van der Waals surface area contributed by atoms with Crippen molar-refractivity contribution in [3.8, 4) is 0 Å². The van der Waals surface area contributed by atoms with E-state index >= 15 is 0 Å². The maximum Gasteiger partial charge on any atom is 0.147 e. The summed E-state index contributed by atoms with van der Waals surface area (Å²) in [5.74, 6) is 0. The Morgan fingerprint density at radius 1 is 1.77 bits per heavy atom. The Morgan fingerprint density at radius 3 is 3.08 bits per heavy atom. The number of rotatable bonds is 2. The molecule has 3 nitrogen and oxygen atoms in total. The zero-order valence-electron chi connectivity index (χ0n) is 7.82. The first kappa shape index (κ1) is 9.12. The molecule has 1 fully saturated rings. The third-order valence-corrected chi connectivity index (χ3v) is 3.59. The molecule has 72 valence electrons. The van der Waals surface area contributed by atoms with Crippen LogP contribution in [0.3, 0.4) is 0 Å². The minimum absolute atomic E-state index is 0.101. The number of methoxy groups -OCH3 is 1. The van der Waals surface area contributed by atoms with Crippen LogP contribution < -0.4 is 0 Å². The molecule has 2 atom stereocenters. The molecule has 0 radical (unpaired) electrons. The first-order chi connectivity index (χ1) is 6.29. The van der Waals surface area contributed by atoms with E-state index in [1.807, 2.05) is 18.5 Å². The van der Waals surface area contributed by atoms with Crippen molar-refractivity contribution in [3.05, 3.63) is 16.6 Å². The molecule has 0 N–H and O–H groups in total. The van der Waals surface area contributed by atoms with Crippen LogP contribution in [-0.4, -0.2) is 24.8 Å². The van der Waals surface area contributed by atoms with Crippen LogP contribution in [0.4, 0.5) is 0 Å². The third kappa shape index (κ3) is 1.29. The summed E-state index contributed by atoms with van der Waals surface area (Å²) in [7, 11) is 1.73. The van der Waals surface area contributed by atoms with E-state index in [4.69, 9.17) is 9.47 Å². The highest BCUT2D eigenvalue weighted by atomic mass is 32.1. The molecule has 0 spiro atoms. The zero-order valence-corrected chi connectivity index (χ0v) is 8.63. The standard InChI is InChI=1S/C9H13NO2S/c1-7-9(11-2,3-5-12-7)8-10-4-6-13-8/h4,6-7H,3,5H2,1-2H3. The molecule has 0 aliphatic carbocycles. The minimum atomic E-state index is -0.297. The van der Waals surface area contributed by atoms with E-state index < -0.39 is 0 Å². The second-order valence-electron chi connectivity index (χ2n) is 3.19. The summed E-state index contributed by atoms with van der Waals surface area (Å²) in [4.78, 5) is 4.31. The predicted molar refractivity (Wildman–Crippen MR) is 50.8 cm³/mol. The van der Waals surface area contributed by atoms with Gasteiger partial charge < -0.3 is 9.47 Å². The predicted octanol–water partition coefficient (Wildman–Crippen LogP) is 1.79. The lowest BCUT2D eigenvalue weighted by Gasteiger charge is -2.28. The van der Waals surface area contributed by atoms with Crippen molar-refractivity contribution >= 4 is 11.3 Å². The number of aromatic nitrogens is 1. The lowest BCUT2D eigenvalue weighted by Crippen LogP contribution is -2.35. The van der Waals surface area contributed by atoms with Crippen molar-refractivity contribution in [3.63, 3.8) is 0 Å². The molecule has 2 heterocycles. The number of hydrogen-bond donors (Lipinski definition) is 0. The fraction of sp³-hybridized carbons (Fsp3) is 0.667. The Labute approximate surface area is 81.7 Å². The fourth-order valence-electron chi connectivity index (χ4n) is 1.79. The summed E-state index contributed by atoms with van der Waals surface area (Å²) in [6.07, 6.45) is 2.81. The van der Waals surface area contributed by atoms with Crippen LogP contribution in [-0.2, 0) is 15.1 Å².